The molecule has 4 nitrogen and oxygen atoms in total. The summed E-state index contributed by atoms with van der Waals surface area (Å²) in [5.41, 5.74) is 4.10. The average molecular weight is 305 g/mol. The first-order valence-corrected chi connectivity index (χ1v) is 8.14. The van der Waals surface area contributed by atoms with Gasteiger partial charge in [-0.05, 0) is 44.0 Å². The molecule has 0 aliphatic heterocycles. The van der Waals surface area contributed by atoms with Crippen molar-refractivity contribution in [3.8, 4) is 5.75 Å². The lowest BCUT2D eigenvalue weighted by Crippen LogP contribution is -2.14. The Hall–Kier alpha value is -1.85. The first-order valence-electron chi connectivity index (χ1n) is 6.59. The van der Waals surface area contributed by atoms with E-state index in [1.54, 1.807) is 12.1 Å². The maximum Gasteiger partial charge on any atom is 0.241 e. The van der Waals surface area contributed by atoms with Gasteiger partial charge in [0.05, 0.1) is 0 Å². The first kappa shape index (κ1) is 15.5. The van der Waals surface area contributed by atoms with Gasteiger partial charge >= 0.3 is 0 Å². The van der Waals surface area contributed by atoms with Gasteiger partial charge in [0.25, 0.3) is 0 Å². The summed E-state index contributed by atoms with van der Waals surface area (Å²) in [6.45, 7) is 6.13. The Bertz CT molecular complexity index is 747. The summed E-state index contributed by atoms with van der Waals surface area (Å²) in [5.74, 6) is 0.280. The fourth-order valence-corrected chi connectivity index (χ4v) is 3.03. The molecule has 0 aliphatic carbocycles. The molecule has 0 heterocycles. The van der Waals surface area contributed by atoms with Gasteiger partial charge in [-0.15, -0.1) is 0 Å². The highest BCUT2D eigenvalue weighted by Crippen LogP contribution is 2.25. The van der Waals surface area contributed by atoms with E-state index in [0.717, 1.165) is 22.3 Å². The van der Waals surface area contributed by atoms with E-state index >= 15 is 0 Å². The van der Waals surface area contributed by atoms with Gasteiger partial charge < -0.3 is 4.74 Å². The van der Waals surface area contributed by atoms with Crippen LogP contribution in [0.1, 0.15) is 22.3 Å². The normalized spacial score (nSPS) is 11.4. The van der Waals surface area contributed by atoms with Crippen molar-refractivity contribution in [1.29, 1.82) is 0 Å². The van der Waals surface area contributed by atoms with Crippen molar-refractivity contribution in [2.75, 3.05) is 0 Å². The van der Waals surface area contributed by atoms with Crippen molar-refractivity contribution >= 4 is 10.0 Å². The number of ether oxygens (including phenoxy) is 1. The standard InChI is InChI=1S/C16H19NO3S/c1-11-4-5-15(16(9-11)21(17,18)19)20-10-14-7-12(2)6-13(3)8-14/h4-9H,10H2,1-3H3,(H2,17,18,19). The number of hydrogen-bond acceptors (Lipinski definition) is 3. The number of nitrogens with two attached hydrogens (primary N) is 1. The summed E-state index contributed by atoms with van der Waals surface area (Å²) < 4.78 is 28.9. The molecule has 0 unspecified atom stereocenters. The second kappa shape index (κ2) is 5.87. The Morgan fingerprint density at radius 1 is 0.952 bits per heavy atom. The van der Waals surface area contributed by atoms with Crippen molar-refractivity contribution < 1.29 is 13.2 Å². The van der Waals surface area contributed by atoms with E-state index in [9.17, 15) is 8.42 Å². The molecule has 0 amide bonds. The Kier molecular flexibility index (Phi) is 4.34. The molecule has 0 saturated carbocycles. The molecule has 0 fully saturated rings. The van der Waals surface area contributed by atoms with Crippen molar-refractivity contribution in [2.24, 2.45) is 5.14 Å². The number of sulfonamides is 1. The Morgan fingerprint density at radius 3 is 2.14 bits per heavy atom. The van der Waals surface area contributed by atoms with E-state index in [2.05, 4.69) is 6.07 Å². The van der Waals surface area contributed by atoms with Crippen LogP contribution >= 0.6 is 0 Å². The number of rotatable bonds is 4. The Balaban J connectivity index is 2.28. The molecule has 2 rings (SSSR count). The molecule has 0 radical (unpaired) electrons. The number of hydrogen-bond donors (Lipinski definition) is 1. The number of primary sulfonamides is 1. The average Bonchev–Trinajstić information content (AvgIpc) is 2.35. The molecule has 0 spiro atoms. The zero-order valence-corrected chi connectivity index (χ0v) is 13.2. The topological polar surface area (TPSA) is 69.4 Å². The SMILES string of the molecule is Cc1cc(C)cc(COc2ccc(C)cc2S(N)(=O)=O)c1. The highest BCUT2D eigenvalue weighted by atomic mass is 32.2. The third-order valence-electron chi connectivity index (χ3n) is 3.08. The first-order chi connectivity index (χ1) is 9.75. The van der Waals surface area contributed by atoms with Crippen LogP contribution in [0.25, 0.3) is 0 Å². The van der Waals surface area contributed by atoms with Crippen LogP contribution in [0.5, 0.6) is 5.75 Å². The van der Waals surface area contributed by atoms with Gasteiger partial charge in [-0.1, -0.05) is 35.4 Å². The molecule has 2 aromatic carbocycles. The molecular weight excluding hydrogens is 286 g/mol. The van der Waals surface area contributed by atoms with Gasteiger partial charge in [-0.3, -0.25) is 0 Å². The molecule has 0 aromatic heterocycles. The minimum absolute atomic E-state index is 0.0203. The van der Waals surface area contributed by atoms with Crippen molar-refractivity contribution in [1.82, 2.24) is 0 Å². The second-order valence-corrected chi connectivity index (χ2v) is 6.81. The lowest BCUT2D eigenvalue weighted by molar-refractivity contribution is 0.297. The number of benzene rings is 2. The fraction of sp³-hybridized carbons (Fsp3) is 0.250. The molecule has 0 saturated heterocycles. The highest BCUT2D eigenvalue weighted by molar-refractivity contribution is 7.89. The lowest BCUT2D eigenvalue weighted by atomic mass is 10.1. The third-order valence-corrected chi connectivity index (χ3v) is 4.01. The zero-order valence-electron chi connectivity index (χ0n) is 12.4. The van der Waals surface area contributed by atoms with Crippen molar-refractivity contribution in [3.63, 3.8) is 0 Å². The van der Waals surface area contributed by atoms with Crippen LogP contribution in [0.15, 0.2) is 41.3 Å². The number of aryl methyl sites for hydroxylation is 3. The second-order valence-electron chi connectivity index (χ2n) is 5.28. The zero-order chi connectivity index (χ0) is 15.6. The van der Waals surface area contributed by atoms with E-state index in [0.29, 0.717) is 6.61 Å². The van der Waals surface area contributed by atoms with E-state index < -0.39 is 10.0 Å². The minimum Gasteiger partial charge on any atom is -0.487 e. The largest absolute Gasteiger partial charge is 0.487 e. The van der Waals surface area contributed by atoms with Gasteiger partial charge in [0, 0.05) is 0 Å². The van der Waals surface area contributed by atoms with Crippen LogP contribution in [-0.2, 0) is 16.6 Å². The van der Waals surface area contributed by atoms with E-state index in [1.807, 2.05) is 32.9 Å². The predicted molar refractivity (Wildman–Crippen MR) is 82.8 cm³/mol. The smallest absolute Gasteiger partial charge is 0.241 e. The molecule has 2 N–H and O–H groups in total. The third kappa shape index (κ3) is 4.06. The van der Waals surface area contributed by atoms with Gasteiger partial charge in [0.15, 0.2) is 0 Å². The molecule has 2 aromatic rings. The monoisotopic (exact) mass is 305 g/mol. The summed E-state index contributed by atoms with van der Waals surface area (Å²) in [4.78, 5) is 0.0203. The summed E-state index contributed by atoms with van der Waals surface area (Å²) in [5, 5.41) is 5.24. The highest BCUT2D eigenvalue weighted by Gasteiger charge is 2.15. The van der Waals surface area contributed by atoms with Crippen LogP contribution in [0.2, 0.25) is 0 Å². The molecular formula is C16H19NO3S. The van der Waals surface area contributed by atoms with Gasteiger partial charge in [-0.25, -0.2) is 13.6 Å². The quantitative estimate of drug-likeness (QED) is 0.944. The van der Waals surface area contributed by atoms with E-state index in [4.69, 9.17) is 9.88 Å². The van der Waals surface area contributed by atoms with Crippen molar-refractivity contribution in [3.05, 3.63) is 58.7 Å². The van der Waals surface area contributed by atoms with E-state index in [-0.39, 0.29) is 10.6 Å². The van der Waals surface area contributed by atoms with Crippen molar-refractivity contribution in [2.45, 2.75) is 32.3 Å². The van der Waals surface area contributed by atoms with Gasteiger partial charge in [0.1, 0.15) is 17.3 Å². The predicted octanol–water partition coefficient (Wildman–Crippen LogP) is 2.84. The van der Waals surface area contributed by atoms with Crippen LogP contribution in [0.3, 0.4) is 0 Å². The summed E-state index contributed by atoms with van der Waals surface area (Å²) in [6.07, 6.45) is 0. The summed E-state index contributed by atoms with van der Waals surface area (Å²) in [7, 11) is -3.80. The van der Waals surface area contributed by atoms with Gasteiger partial charge in [-0.2, -0.15) is 0 Å². The molecule has 5 heteroatoms. The Labute approximate surface area is 125 Å². The molecule has 0 aliphatic rings. The fourth-order valence-electron chi connectivity index (χ4n) is 2.27. The van der Waals surface area contributed by atoms with Crippen LogP contribution in [0.4, 0.5) is 0 Å². The molecule has 112 valence electrons. The summed E-state index contributed by atoms with van der Waals surface area (Å²) in [6, 6.07) is 11.1. The summed E-state index contributed by atoms with van der Waals surface area (Å²) >= 11 is 0. The lowest BCUT2D eigenvalue weighted by Gasteiger charge is -2.12. The molecule has 21 heavy (non-hydrogen) atoms. The minimum atomic E-state index is -3.80. The molecule has 0 bridgehead atoms. The molecule has 0 atom stereocenters. The van der Waals surface area contributed by atoms with Crippen LogP contribution < -0.4 is 9.88 Å². The van der Waals surface area contributed by atoms with Crippen LogP contribution in [-0.4, -0.2) is 8.42 Å². The van der Waals surface area contributed by atoms with Crippen LogP contribution in [0, 0.1) is 20.8 Å². The maximum absolute atomic E-state index is 11.6. The Morgan fingerprint density at radius 2 is 1.57 bits per heavy atom. The van der Waals surface area contributed by atoms with Gasteiger partial charge in [0.2, 0.25) is 10.0 Å². The van der Waals surface area contributed by atoms with E-state index in [1.165, 1.54) is 6.07 Å². The maximum atomic E-state index is 11.6.